The summed E-state index contributed by atoms with van der Waals surface area (Å²) >= 11 is 0. The van der Waals surface area contributed by atoms with Crippen LogP contribution in [0.15, 0.2) is 24.3 Å². The maximum absolute atomic E-state index is 12.3. The molecule has 2 rings (SSSR count). The van der Waals surface area contributed by atoms with Crippen LogP contribution < -0.4 is 15.5 Å². The summed E-state index contributed by atoms with van der Waals surface area (Å²) < 4.78 is 0. The van der Waals surface area contributed by atoms with Crippen LogP contribution in [-0.2, 0) is 16.0 Å². The van der Waals surface area contributed by atoms with Gasteiger partial charge in [0, 0.05) is 24.7 Å². The number of aryl methyl sites for hydroxylation is 1. The van der Waals surface area contributed by atoms with Gasteiger partial charge in [-0.2, -0.15) is 0 Å². The Hall–Kier alpha value is -1.88. The summed E-state index contributed by atoms with van der Waals surface area (Å²) in [6, 6.07) is 7.96. The van der Waals surface area contributed by atoms with Gasteiger partial charge >= 0.3 is 0 Å². The average Bonchev–Trinajstić information content (AvgIpc) is 2.51. The van der Waals surface area contributed by atoms with Gasteiger partial charge in [0.15, 0.2) is 0 Å². The van der Waals surface area contributed by atoms with E-state index < -0.39 is 0 Å². The normalized spacial score (nSPS) is 15.2. The number of carbonyl (C=O) groups is 2. The van der Waals surface area contributed by atoms with Crippen molar-refractivity contribution < 1.29 is 9.59 Å². The molecule has 0 bridgehead atoms. The molecule has 114 valence electrons. The summed E-state index contributed by atoms with van der Waals surface area (Å²) in [5.74, 6) is -0.286. The predicted molar refractivity (Wildman–Crippen MR) is 83.2 cm³/mol. The number of amides is 2. The Morgan fingerprint density at radius 3 is 2.86 bits per heavy atom. The molecule has 2 amide bonds. The van der Waals surface area contributed by atoms with Gasteiger partial charge in [0.05, 0.1) is 6.54 Å². The second kappa shape index (κ2) is 7.22. The third-order valence-electron chi connectivity index (χ3n) is 3.78. The van der Waals surface area contributed by atoms with Crippen LogP contribution in [0.2, 0.25) is 0 Å². The number of anilines is 1. The lowest BCUT2D eigenvalue weighted by atomic mass is 10.0. The van der Waals surface area contributed by atoms with Crippen molar-refractivity contribution in [2.24, 2.45) is 5.92 Å². The van der Waals surface area contributed by atoms with Gasteiger partial charge in [-0.05, 0) is 31.5 Å². The van der Waals surface area contributed by atoms with E-state index >= 15 is 0 Å². The maximum atomic E-state index is 12.3. The molecule has 5 heteroatoms. The van der Waals surface area contributed by atoms with Crippen molar-refractivity contribution in [3.63, 3.8) is 0 Å². The van der Waals surface area contributed by atoms with E-state index in [-0.39, 0.29) is 24.3 Å². The van der Waals surface area contributed by atoms with E-state index in [1.807, 2.05) is 25.1 Å². The molecule has 1 aromatic carbocycles. The lowest BCUT2D eigenvalue weighted by Crippen LogP contribution is -2.44. The van der Waals surface area contributed by atoms with Crippen LogP contribution in [0, 0.1) is 5.92 Å². The highest BCUT2D eigenvalue weighted by Crippen LogP contribution is 2.26. The minimum atomic E-state index is -0.142. The van der Waals surface area contributed by atoms with Gasteiger partial charge in [0.2, 0.25) is 11.8 Å². The van der Waals surface area contributed by atoms with E-state index in [0.717, 1.165) is 25.1 Å². The third-order valence-corrected chi connectivity index (χ3v) is 3.78. The van der Waals surface area contributed by atoms with Crippen molar-refractivity contribution in [3.8, 4) is 0 Å². The second-order valence-electron chi connectivity index (χ2n) is 5.45. The van der Waals surface area contributed by atoms with Crippen LogP contribution in [0.1, 0.15) is 18.9 Å². The van der Waals surface area contributed by atoms with Crippen molar-refractivity contribution in [2.45, 2.75) is 19.8 Å². The molecule has 1 unspecified atom stereocenters. The number of nitrogens with zero attached hydrogens (tertiary/aromatic N) is 1. The van der Waals surface area contributed by atoms with Crippen LogP contribution in [0.5, 0.6) is 0 Å². The molecule has 5 nitrogen and oxygen atoms in total. The number of para-hydroxylation sites is 1. The molecule has 1 aliphatic rings. The summed E-state index contributed by atoms with van der Waals surface area (Å²) in [7, 11) is 1.81. The SMILES string of the molecule is CNCC(C)C(=O)NCC(=O)N1CCCc2ccccc21. The summed E-state index contributed by atoms with van der Waals surface area (Å²) in [5, 5.41) is 5.68. The van der Waals surface area contributed by atoms with Crippen molar-refractivity contribution in [2.75, 3.05) is 31.6 Å². The number of benzene rings is 1. The minimum Gasteiger partial charge on any atom is -0.347 e. The molecule has 0 aliphatic carbocycles. The van der Waals surface area contributed by atoms with Crippen LogP contribution >= 0.6 is 0 Å². The molecule has 1 heterocycles. The van der Waals surface area contributed by atoms with Crippen molar-refractivity contribution >= 4 is 17.5 Å². The van der Waals surface area contributed by atoms with E-state index in [1.165, 1.54) is 5.56 Å². The first kappa shape index (κ1) is 15.5. The van der Waals surface area contributed by atoms with Crippen LogP contribution in [0.3, 0.4) is 0 Å². The zero-order valence-electron chi connectivity index (χ0n) is 12.7. The lowest BCUT2D eigenvalue weighted by Gasteiger charge is -2.29. The Labute approximate surface area is 125 Å². The zero-order valence-corrected chi connectivity index (χ0v) is 12.7. The van der Waals surface area contributed by atoms with E-state index in [2.05, 4.69) is 16.7 Å². The van der Waals surface area contributed by atoms with Gasteiger partial charge in [-0.1, -0.05) is 25.1 Å². The Morgan fingerprint density at radius 1 is 1.33 bits per heavy atom. The van der Waals surface area contributed by atoms with Crippen LogP contribution in [-0.4, -0.2) is 38.5 Å². The fraction of sp³-hybridized carbons (Fsp3) is 0.500. The summed E-state index contributed by atoms with van der Waals surface area (Å²) in [6.45, 7) is 3.22. The minimum absolute atomic E-state index is 0.0489. The molecule has 0 radical (unpaired) electrons. The molecular weight excluding hydrogens is 266 g/mol. The number of carbonyl (C=O) groups excluding carboxylic acids is 2. The van der Waals surface area contributed by atoms with E-state index in [9.17, 15) is 9.59 Å². The van der Waals surface area contributed by atoms with Crippen molar-refractivity contribution in [3.05, 3.63) is 29.8 Å². The Bertz CT molecular complexity index is 516. The average molecular weight is 289 g/mol. The van der Waals surface area contributed by atoms with Crippen molar-refractivity contribution in [1.82, 2.24) is 10.6 Å². The second-order valence-corrected chi connectivity index (χ2v) is 5.45. The van der Waals surface area contributed by atoms with E-state index in [4.69, 9.17) is 0 Å². The fourth-order valence-electron chi connectivity index (χ4n) is 2.62. The van der Waals surface area contributed by atoms with Crippen LogP contribution in [0.4, 0.5) is 5.69 Å². The largest absolute Gasteiger partial charge is 0.347 e. The number of hydrogen-bond acceptors (Lipinski definition) is 3. The van der Waals surface area contributed by atoms with E-state index in [1.54, 1.807) is 11.9 Å². The number of nitrogens with one attached hydrogen (secondary N) is 2. The Kier molecular flexibility index (Phi) is 5.33. The standard InChI is InChI=1S/C16H23N3O2/c1-12(10-17-2)16(21)18-11-15(20)19-9-5-7-13-6-3-4-8-14(13)19/h3-4,6,8,12,17H,5,7,9-11H2,1-2H3,(H,18,21). The molecule has 1 atom stereocenters. The number of hydrogen-bond donors (Lipinski definition) is 2. The first-order valence-electron chi connectivity index (χ1n) is 7.44. The van der Waals surface area contributed by atoms with Crippen molar-refractivity contribution in [1.29, 1.82) is 0 Å². The highest BCUT2D eigenvalue weighted by molar-refractivity contribution is 5.97. The highest BCUT2D eigenvalue weighted by atomic mass is 16.2. The molecule has 0 saturated heterocycles. The monoisotopic (exact) mass is 289 g/mol. The van der Waals surface area contributed by atoms with Gasteiger partial charge < -0.3 is 15.5 Å². The molecule has 0 spiro atoms. The molecule has 1 aromatic rings. The van der Waals surface area contributed by atoms with Gasteiger partial charge in [0.25, 0.3) is 0 Å². The number of fused-ring (bicyclic) bond motifs is 1. The molecular formula is C16H23N3O2. The molecule has 0 fully saturated rings. The smallest absolute Gasteiger partial charge is 0.246 e. The summed E-state index contributed by atoms with van der Waals surface area (Å²) in [6.07, 6.45) is 1.97. The molecule has 0 aromatic heterocycles. The first-order valence-corrected chi connectivity index (χ1v) is 7.44. The molecule has 21 heavy (non-hydrogen) atoms. The molecule has 0 saturated carbocycles. The fourth-order valence-corrected chi connectivity index (χ4v) is 2.62. The Balaban J connectivity index is 1.94. The first-order chi connectivity index (χ1) is 10.1. The zero-order chi connectivity index (χ0) is 15.2. The maximum Gasteiger partial charge on any atom is 0.246 e. The third kappa shape index (κ3) is 3.82. The molecule has 1 aliphatic heterocycles. The Morgan fingerprint density at radius 2 is 2.10 bits per heavy atom. The summed E-state index contributed by atoms with van der Waals surface area (Å²) in [5.41, 5.74) is 2.18. The van der Waals surface area contributed by atoms with Gasteiger partial charge in [-0.15, -0.1) is 0 Å². The van der Waals surface area contributed by atoms with Crippen LogP contribution in [0.25, 0.3) is 0 Å². The summed E-state index contributed by atoms with van der Waals surface area (Å²) in [4.78, 5) is 26.0. The topological polar surface area (TPSA) is 61.4 Å². The highest BCUT2D eigenvalue weighted by Gasteiger charge is 2.22. The lowest BCUT2D eigenvalue weighted by molar-refractivity contribution is -0.127. The quantitative estimate of drug-likeness (QED) is 0.848. The number of rotatable bonds is 5. The van der Waals surface area contributed by atoms with E-state index in [0.29, 0.717) is 6.54 Å². The van der Waals surface area contributed by atoms with Gasteiger partial charge in [0.1, 0.15) is 0 Å². The predicted octanol–water partition coefficient (Wildman–Crippen LogP) is 0.938. The van der Waals surface area contributed by atoms with Gasteiger partial charge in [-0.25, -0.2) is 0 Å². The van der Waals surface area contributed by atoms with Gasteiger partial charge in [-0.3, -0.25) is 9.59 Å². The molecule has 2 N–H and O–H groups in total.